The molecule has 2 aliphatic carbocycles. The van der Waals surface area contributed by atoms with Gasteiger partial charge in [-0.05, 0) is 50.9 Å². The van der Waals surface area contributed by atoms with Gasteiger partial charge in [0.05, 0.1) is 5.41 Å². The number of hydrogen-bond donors (Lipinski definition) is 1. The largest absolute Gasteiger partial charge is 0.481 e. The molecule has 0 aromatic carbocycles. The summed E-state index contributed by atoms with van der Waals surface area (Å²) in [7, 11) is 0. The molecule has 2 heteroatoms. The molecule has 0 saturated heterocycles. The van der Waals surface area contributed by atoms with Gasteiger partial charge in [-0.3, -0.25) is 4.79 Å². The summed E-state index contributed by atoms with van der Waals surface area (Å²) < 4.78 is 0. The van der Waals surface area contributed by atoms with Crippen LogP contribution in [0, 0.1) is 11.3 Å². The average molecular weight is 220 g/mol. The Hall–Kier alpha value is -1.05. The molecule has 0 radical (unpaired) electrons. The molecule has 0 aliphatic heterocycles. The first-order valence-electron chi connectivity index (χ1n) is 6.26. The Bertz CT molecular complexity index is 317. The van der Waals surface area contributed by atoms with Crippen LogP contribution in [0.25, 0.3) is 0 Å². The van der Waals surface area contributed by atoms with Crippen LogP contribution < -0.4 is 0 Å². The third-order valence-corrected chi connectivity index (χ3v) is 3.98. The van der Waals surface area contributed by atoms with Crippen LogP contribution in [-0.2, 0) is 4.79 Å². The molecule has 0 fully saturated rings. The molecule has 1 N–H and O–H groups in total. The number of carboxylic acids is 1. The summed E-state index contributed by atoms with van der Waals surface area (Å²) in [6.45, 7) is 0. The normalized spacial score (nSPS) is 33.9. The molecule has 2 rings (SSSR count). The molecule has 88 valence electrons. The first-order valence-corrected chi connectivity index (χ1v) is 6.26. The van der Waals surface area contributed by atoms with E-state index < -0.39 is 11.4 Å². The van der Waals surface area contributed by atoms with Gasteiger partial charge in [0.1, 0.15) is 0 Å². The van der Waals surface area contributed by atoms with Crippen molar-refractivity contribution < 1.29 is 9.90 Å². The quantitative estimate of drug-likeness (QED) is 0.738. The zero-order valence-electron chi connectivity index (χ0n) is 9.69. The van der Waals surface area contributed by atoms with Crippen molar-refractivity contribution in [2.75, 3.05) is 0 Å². The van der Waals surface area contributed by atoms with Crippen LogP contribution in [-0.4, -0.2) is 11.1 Å². The summed E-state index contributed by atoms with van der Waals surface area (Å²) in [4.78, 5) is 11.5. The lowest BCUT2D eigenvalue weighted by molar-refractivity contribution is -0.150. The Balaban J connectivity index is 2.05. The van der Waals surface area contributed by atoms with Crippen LogP contribution in [0.4, 0.5) is 0 Å². The van der Waals surface area contributed by atoms with Crippen LogP contribution in [0.1, 0.15) is 44.9 Å². The highest BCUT2D eigenvalue weighted by atomic mass is 16.4. The van der Waals surface area contributed by atoms with Crippen molar-refractivity contribution in [3.05, 3.63) is 24.3 Å². The summed E-state index contributed by atoms with van der Waals surface area (Å²) in [5.41, 5.74) is -0.468. The third-order valence-electron chi connectivity index (χ3n) is 3.98. The molecule has 2 aliphatic rings. The minimum atomic E-state index is -0.591. The highest BCUT2D eigenvalue weighted by molar-refractivity contribution is 5.75. The number of hydrogen-bond acceptors (Lipinski definition) is 1. The van der Waals surface area contributed by atoms with Gasteiger partial charge in [0, 0.05) is 0 Å². The van der Waals surface area contributed by atoms with Gasteiger partial charge in [-0.25, -0.2) is 0 Å². The molecular formula is C14H20O2. The van der Waals surface area contributed by atoms with Crippen LogP contribution >= 0.6 is 0 Å². The molecule has 0 aromatic heterocycles. The van der Waals surface area contributed by atoms with E-state index in [0.717, 1.165) is 44.9 Å². The van der Waals surface area contributed by atoms with Crippen molar-refractivity contribution in [1.82, 2.24) is 0 Å². The van der Waals surface area contributed by atoms with Gasteiger partial charge in [0.2, 0.25) is 0 Å². The van der Waals surface area contributed by atoms with Crippen LogP contribution in [0.15, 0.2) is 24.3 Å². The molecule has 0 aromatic rings. The lowest BCUT2D eigenvalue weighted by atomic mass is 9.69. The minimum Gasteiger partial charge on any atom is -0.481 e. The zero-order valence-corrected chi connectivity index (χ0v) is 9.69. The maximum Gasteiger partial charge on any atom is 0.309 e. The predicted octanol–water partition coefficient (Wildman–Crippen LogP) is 3.54. The van der Waals surface area contributed by atoms with Gasteiger partial charge in [-0.15, -0.1) is 0 Å². The second kappa shape index (κ2) is 4.86. The van der Waals surface area contributed by atoms with E-state index in [4.69, 9.17) is 0 Å². The average Bonchev–Trinajstić information content (AvgIpc) is 2.31. The predicted molar refractivity (Wildman–Crippen MR) is 64.2 cm³/mol. The smallest absolute Gasteiger partial charge is 0.309 e. The molecule has 0 heterocycles. The fraction of sp³-hybridized carbons (Fsp3) is 0.643. The third kappa shape index (κ3) is 2.37. The number of carbonyl (C=O) groups is 1. The number of aliphatic carboxylic acids is 1. The van der Waals surface area contributed by atoms with Gasteiger partial charge in [0.15, 0.2) is 0 Å². The highest BCUT2D eigenvalue weighted by Gasteiger charge is 2.39. The maximum atomic E-state index is 11.5. The molecule has 0 bridgehead atoms. The van der Waals surface area contributed by atoms with E-state index >= 15 is 0 Å². The summed E-state index contributed by atoms with van der Waals surface area (Å²) in [5, 5.41) is 9.47. The van der Waals surface area contributed by atoms with E-state index in [1.165, 1.54) is 0 Å². The Labute approximate surface area is 97.0 Å². The van der Waals surface area contributed by atoms with Crippen molar-refractivity contribution in [2.24, 2.45) is 11.3 Å². The number of allylic oxidation sites excluding steroid dienone is 4. The Kier molecular flexibility index (Phi) is 3.47. The first kappa shape index (κ1) is 11.4. The van der Waals surface area contributed by atoms with Crippen molar-refractivity contribution >= 4 is 5.97 Å². The topological polar surface area (TPSA) is 37.3 Å². The van der Waals surface area contributed by atoms with Gasteiger partial charge in [0.25, 0.3) is 0 Å². The van der Waals surface area contributed by atoms with Crippen LogP contribution in [0.2, 0.25) is 0 Å². The van der Waals surface area contributed by atoms with Gasteiger partial charge in [-0.2, -0.15) is 0 Å². The van der Waals surface area contributed by atoms with Crippen molar-refractivity contribution in [2.45, 2.75) is 44.9 Å². The van der Waals surface area contributed by atoms with Gasteiger partial charge >= 0.3 is 5.97 Å². The van der Waals surface area contributed by atoms with Crippen LogP contribution in [0.5, 0.6) is 0 Å². The fourth-order valence-electron chi connectivity index (χ4n) is 2.95. The fourth-order valence-corrected chi connectivity index (χ4v) is 2.95. The van der Waals surface area contributed by atoms with Crippen molar-refractivity contribution in [3.8, 4) is 0 Å². The highest BCUT2D eigenvalue weighted by Crippen LogP contribution is 2.41. The lowest BCUT2D eigenvalue weighted by Crippen LogP contribution is -2.34. The molecule has 2 nitrogen and oxygen atoms in total. The summed E-state index contributed by atoms with van der Waals surface area (Å²) >= 11 is 0. The molecule has 0 amide bonds. The molecule has 0 spiro atoms. The van der Waals surface area contributed by atoms with E-state index in [1.54, 1.807) is 0 Å². The monoisotopic (exact) mass is 220 g/mol. The SMILES string of the molecule is O=C(O)C1(CC2CC=CCC2)CC=CCC1. The second-order valence-corrected chi connectivity index (χ2v) is 5.15. The van der Waals surface area contributed by atoms with Gasteiger partial charge in [-0.1, -0.05) is 24.3 Å². The Morgan fingerprint density at radius 2 is 2.06 bits per heavy atom. The summed E-state index contributed by atoms with van der Waals surface area (Å²) in [6, 6.07) is 0. The Morgan fingerprint density at radius 3 is 2.62 bits per heavy atom. The molecule has 2 unspecified atom stereocenters. The second-order valence-electron chi connectivity index (χ2n) is 5.15. The zero-order chi connectivity index (χ0) is 11.4. The number of rotatable bonds is 3. The number of carboxylic acid groups (broad SMARTS) is 1. The van der Waals surface area contributed by atoms with Crippen molar-refractivity contribution in [1.29, 1.82) is 0 Å². The Morgan fingerprint density at radius 1 is 1.25 bits per heavy atom. The van der Waals surface area contributed by atoms with Gasteiger partial charge < -0.3 is 5.11 Å². The lowest BCUT2D eigenvalue weighted by Gasteiger charge is -2.34. The van der Waals surface area contributed by atoms with E-state index in [1.807, 2.05) is 0 Å². The van der Waals surface area contributed by atoms with Crippen molar-refractivity contribution in [3.63, 3.8) is 0 Å². The van der Waals surface area contributed by atoms with E-state index in [0.29, 0.717) is 5.92 Å². The standard InChI is InChI=1S/C14H20O2/c15-13(16)14(9-5-2-6-10-14)11-12-7-3-1-4-8-12/h1-3,5,12H,4,6-11H2,(H,15,16). The minimum absolute atomic E-state index is 0.468. The first-order chi connectivity index (χ1) is 7.73. The molecular weight excluding hydrogens is 200 g/mol. The maximum absolute atomic E-state index is 11.5. The van der Waals surface area contributed by atoms with E-state index in [2.05, 4.69) is 24.3 Å². The van der Waals surface area contributed by atoms with E-state index in [-0.39, 0.29) is 0 Å². The molecule has 2 atom stereocenters. The molecule has 16 heavy (non-hydrogen) atoms. The van der Waals surface area contributed by atoms with Crippen LogP contribution in [0.3, 0.4) is 0 Å². The summed E-state index contributed by atoms with van der Waals surface area (Å²) in [6.07, 6.45) is 15.3. The molecule has 0 saturated carbocycles. The summed E-state index contributed by atoms with van der Waals surface area (Å²) in [5.74, 6) is -0.0148. The van der Waals surface area contributed by atoms with E-state index in [9.17, 15) is 9.90 Å².